The Morgan fingerprint density at radius 2 is 1.08 bits per heavy atom. The number of hydrogen-bond donors (Lipinski definition) is 2. The number of phenols is 2. The van der Waals surface area contributed by atoms with Crippen molar-refractivity contribution in [1.29, 1.82) is 0 Å². The highest BCUT2D eigenvalue weighted by molar-refractivity contribution is 5.36. The van der Waals surface area contributed by atoms with Gasteiger partial charge in [-0.2, -0.15) is 0 Å². The second-order valence-corrected chi connectivity index (χ2v) is 7.75. The van der Waals surface area contributed by atoms with Crippen molar-refractivity contribution in [2.24, 2.45) is 11.8 Å². The number of benzene rings is 2. The number of hydrogen-bond acceptors (Lipinski definition) is 2. The normalized spacial score (nSPS) is 13.5. The molecule has 0 spiro atoms. The van der Waals surface area contributed by atoms with Crippen LogP contribution in [0.2, 0.25) is 0 Å². The first kappa shape index (κ1) is 20.4. The van der Waals surface area contributed by atoms with E-state index in [0.717, 1.165) is 24.0 Å². The van der Waals surface area contributed by atoms with Gasteiger partial charge in [0.2, 0.25) is 0 Å². The molecule has 0 aromatic heterocycles. The van der Waals surface area contributed by atoms with Gasteiger partial charge >= 0.3 is 0 Å². The van der Waals surface area contributed by atoms with E-state index in [0.29, 0.717) is 23.3 Å². The van der Waals surface area contributed by atoms with Crippen LogP contribution < -0.4 is 0 Å². The molecule has 2 atom stereocenters. The lowest BCUT2D eigenvalue weighted by atomic mass is 9.77. The molecule has 26 heavy (non-hydrogen) atoms. The summed E-state index contributed by atoms with van der Waals surface area (Å²) in [6.45, 7) is 8.47. The van der Waals surface area contributed by atoms with Gasteiger partial charge < -0.3 is 10.2 Å². The van der Waals surface area contributed by atoms with Crippen molar-refractivity contribution >= 4 is 0 Å². The fourth-order valence-corrected chi connectivity index (χ4v) is 4.05. The highest BCUT2D eigenvalue weighted by Gasteiger charge is 2.21. The summed E-state index contributed by atoms with van der Waals surface area (Å²) in [6.07, 6.45) is 6.96. The molecule has 0 saturated carbocycles. The van der Waals surface area contributed by atoms with Crippen LogP contribution >= 0.6 is 0 Å². The molecule has 2 aromatic rings. The largest absolute Gasteiger partial charge is 0.508 e. The predicted molar refractivity (Wildman–Crippen MR) is 110 cm³/mol. The van der Waals surface area contributed by atoms with Crippen LogP contribution in [0.1, 0.15) is 61.8 Å². The zero-order valence-corrected chi connectivity index (χ0v) is 16.8. The SMILES string of the molecule is CCC[C@@H](Cc1ccc(O)c(C)c1)[C@@H](CCC)Cc1ccc(O)c(C)c1. The third-order valence-electron chi connectivity index (χ3n) is 5.50. The van der Waals surface area contributed by atoms with E-state index in [2.05, 4.69) is 38.1 Å². The van der Waals surface area contributed by atoms with Crippen LogP contribution in [-0.4, -0.2) is 10.2 Å². The highest BCUT2D eigenvalue weighted by atomic mass is 16.3. The van der Waals surface area contributed by atoms with Crippen molar-refractivity contribution in [3.8, 4) is 11.5 Å². The lowest BCUT2D eigenvalue weighted by Gasteiger charge is -2.28. The minimum absolute atomic E-state index is 0.380. The van der Waals surface area contributed by atoms with E-state index in [1.165, 1.54) is 36.8 Å². The predicted octanol–water partition coefficient (Wildman–Crippen LogP) is 6.33. The molecule has 0 aliphatic carbocycles. The minimum Gasteiger partial charge on any atom is -0.508 e. The number of rotatable bonds is 9. The molecule has 0 fully saturated rings. The molecule has 0 heterocycles. The first-order chi connectivity index (χ1) is 12.4. The molecule has 2 heteroatoms. The summed E-state index contributed by atoms with van der Waals surface area (Å²) in [6, 6.07) is 12.0. The van der Waals surface area contributed by atoms with Crippen LogP contribution in [0.25, 0.3) is 0 Å². The maximum atomic E-state index is 9.80. The molecule has 2 rings (SSSR count). The van der Waals surface area contributed by atoms with Crippen LogP contribution in [0.3, 0.4) is 0 Å². The van der Waals surface area contributed by atoms with Gasteiger partial charge in [-0.3, -0.25) is 0 Å². The number of aromatic hydroxyl groups is 2. The van der Waals surface area contributed by atoms with Crippen LogP contribution in [0.15, 0.2) is 36.4 Å². The molecule has 142 valence electrons. The van der Waals surface area contributed by atoms with Crippen LogP contribution in [0, 0.1) is 25.7 Å². The van der Waals surface area contributed by atoms with Crippen LogP contribution in [0.4, 0.5) is 0 Å². The zero-order chi connectivity index (χ0) is 19.1. The van der Waals surface area contributed by atoms with Crippen molar-refractivity contribution in [3.63, 3.8) is 0 Å². The van der Waals surface area contributed by atoms with E-state index in [1.807, 2.05) is 26.0 Å². The maximum absolute atomic E-state index is 9.80. The molecule has 0 bridgehead atoms. The first-order valence-corrected chi connectivity index (χ1v) is 10.0. The second kappa shape index (κ2) is 9.66. The summed E-state index contributed by atoms with van der Waals surface area (Å²) < 4.78 is 0. The highest BCUT2D eigenvalue weighted by Crippen LogP contribution is 2.31. The van der Waals surface area contributed by atoms with Gasteiger partial charge in [0.1, 0.15) is 11.5 Å². The van der Waals surface area contributed by atoms with E-state index < -0.39 is 0 Å². The molecular weight excluding hydrogens is 320 g/mol. The molecule has 0 aliphatic rings. The van der Waals surface area contributed by atoms with Gasteiger partial charge in [-0.15, -0.1) is 0 Å². The quantitative estimate of drug-likeness (QED) is 0.552. The summed E-state index contributed by atoms with van der Waals surface area (Å²) in [5.41, 5.74) is 4.56. The molecule has 0 unspecified atom stereocenters. The molecule has 2 nitrogen and oxygen atoms in total. The molecule has 2 aromatic carbocycles. The maximum Gasteiger partial charge on any atom is 0.118 e. The van der Waals surface area contributed by atoms with Gasteiger partial charge in [-0.05, 0) is 72.9 Å². The standard InChI is InChI=1S/C24H34O2/c1-5-7-21(15-19-9-11-23(25)17(3)13-19)22(8-6-2)16-20-10-12-24(26)18(4)14-20/h9-14,21-22,25-26H,5-8,15-16H2,1-4H3/t21-,22-/m0/s1. The van der Waals surface area contributed by atoms with Gasteiger partial charge in [0.15, 0.2) is 0 Å². The lowest BCUT2D eigenvalue weighted by molar-refractivity contribution is 0.285. The average Bonchev–Trinajstić information content (AvgIpc) is 2.60. The summed E-state index contributed by atoms with van der Waals surface area (Å²) >= 11 is 0. The van der Waals surface area contributed by atoms with Crippen LogP contribution in [-0.2, 0) is 12.8 Å². The molecule has 0 saturated heterocycles. The molecule has 0 aliphatic heterocycles. The van der Waals surface area contributed by atoms with Crippen LogP contribution in [0.5, 0.6) is 11.5 Å². The lowest BCUT2D eigenvalue weighted by Crippen LogP contribution is -2.20. The Bertz CT molecular complexity index is 644. The monoisotopic (exact) mass is 354 g/mol. The van der Waals surface area contributed by atoms with Gasteiger partial charge in [-0.1, -0.05) is 63.8 Å². The Morgan fingerprint density at radius 1 is 0.692 bits per heavy atom. The Kier molecular flexibility index (Phi) is 7.56. The van der Waals surface area contributed by atoms with Crippen molar-refractivity contribution < 1.29 is 10.2 Å². The summed E-state index contributed by atoms with van der Waals surface area (Å²) in [7, 11) is 0. The van der Waals surface area contributed by atoms with E-state index in [9.17, 15) is 10.2 Å². The van der Waals surface area contributed by atoms with E-state index in [-0.39, 0.29) is 0 Å². The molecular formula is C24H34O2. The van der Waals surface area contributed by atoms with Gasteiger partial charge in [0.05, 0.1) is 0 Å². The van der Waals surface area contributed by atoms with E-state index in [1.54, 1.807) is 0 Å². The Balaban J connectivity index is 2.20. The first-order valence-electron chi connectivity index (χ1n) is 10.0. The van der Waals surface area contributed by atoms with Crippen molar-refractivity contribution in [1.82, 2.24) is 0 Å². The van der Waals surface area contributed by atoms with Gasteiger partial charge in [0.25, 0.3) is 0 Å². The topological polar surface area (TPSA) is 40.5 Å². The Morgan fingerprint density at radius 3 is 1.38 bits per heavy atom. The molecule has 0 radical (unpaired) electrons. The minimum atomic E-state index is 0.380. The second-order valence-electron chi connectivity index (χ2n) is 7.75. The Hall–Kier alpha value is -1.96. The summed E-state index contributed by atoms with van der Waals surface area (Å²) in [4.78, 5) is 0. The van der Waals surface area contributed by atoms with Crippen molar-refractivity contribution in [2.75, 3.05) is 0 Å². The summed E-state index contributed by atoms with van der Waals surface area (Å²) in [5, 5.41) is 19.6. The van der Waals surface area contributed by atoms with E-state index in [4.69, 9.17) is 0 Å². The zero-order valence-electron chi connectivity index (χ0n) is 16.8. The van der Waals surface area contributed by atoms with Crippen molar-refractivity contribution in [3.05, 3.63) is 58.7 Å². The molecule has 0 amide bonds. The van der Waals surface area contributed by atoms with Gasteiger partial charge in [-0.25, -0.2) is 0 Å². The third kappa shape index (κ3) is 5.52. The van der Waals surface area contributed by atoms with Gasteiger partial charge in [0, 0.05) is 0 Å². The number of phenolic OH excluding ortho intramolecular Hbond substituents is 2. The fourth-order valence-electron chi connectivity index (χ4n) is 4.05. The molecule has 2 N–H and O–H groups in total. The fraction of sp³-hybridized carbons (Fsp3) is 0.500. The van der Waals surface area contributed by atoms with Crippen molar-refractivity contribution in [2.45, 2.75) is 66.2 Å². The van der Waals surface area contributed by atoms with E-state index >= 15 is 0 Å². The average molecular weight is 355 g/mol. The number of aryl methyl sites for hydroxylation is 2. The smallest absolute Gasteiger partial charge is 0.118 e. The third-order valence-corrected chi connectivity index (χ3v) is 5.50. The summed E-state index contributed by atoms with van der Waals surface area (Å²) in [5.74, 6) is 2.03. The Labute approximate surface area is 158 Å².